The number of nitrogens with one attached hydrogen (secondary N) is 2. The molecule has 7 heteroatoms. The number of nitrogens with zero attached hydrogens (tertiary/aromatic N) is 2. The van der Waals surface area contributed by atoms with Crippen LogP contribution in [0.3, 0.4) is 0 Å². The van der Waals surface area contributed by atoms with Gasteiger partial charge < -0.3 is 20.4 Å². The van der Waals surface area contributed by atoms with Crippen LogP contribution in [0.15, 0.2) is 35.5 Å². The van der Waals surface area contributed by atoms with E-state index >= 15 is 0 Å². The molecule has 1 aromatic rings. The second kappa shape index (κ2) is 7.21. The molecule has 27 heavy (non-hydrogen) atoms. The lowest BCUT2D eigenvalue weighted by atomic mass is 9.96. The SMILES string of the molecule is CC(CNC(=O)C1=NOC2(CCN(C(=O)NC3CC3)C2)C1)c1ccccc1. The second-order valence-corrected chi connectivity index (χ2v) is 7.91. The van der Waals surface area contributed by atoms with E-state index in [1.807, 2.05) is 18.2 Å². The lowest BCUT2D eigenvalue weighted by molar-refractivity contribution is -0.115. The number of amides is 3. The van der Waals surface area contributed by atoms with E-state index in [1.54, 1.807) is 4.90 Å². The predicted octanol–water partition coefficient (Wildman–Crippen LogP) is 2.00. The fourth-order valence-corrected chi connectivity index (χ4v) is 3.62. The Kier molecular flexibility index (Phi) is 4.76. The maximum absolute atomic E-state index is 12.5. The van der Waals surface area contributed by atoms with Gasteiger partial charge in [-0.3, -0.25) is 4.79 Å². The van der Waals surface area contributed by atoms with Crippen LogP contribution >= 0.6 is 0 Å². The number of carbonyl (C=O) groups excluding carboxylic acids is 2. The van der Waals surface area contributed by atoms with Crippen molar-refractivity contribution in [3.05, 3.63) is 35.9 Å². The van der Waals surface area contributed by atoms with Crippen LogP contribution in [0.1, 0.15) is 44.1 Å². The molecule has 0 radical (unpaired) electrons. The minimum absolute atomic E-state index is 0.0347. The number of hydrogen-bond acceptors (Lipinski definition) is 4. The molecule has 3 amide bonds. The largest absolute Gasteiger partial charge is 0.386 e. The zero-order valence-electron chi connectivity index (χ0n) is 15.6. The summed E-state index contributed by atoms with van der Waals surface area (Å²) >= 11 is 0. The lowest BCUT2D eigenvalue weighted by Gasteiger charge is -2.22. The van der Waals surface area contributed by atoms with Gasteiger partial charge in [0.2, 0.25) is 0 Å². The van der Waals surface area contributed by atoms with Gasteiger partial charge in [-0.1, -0.05) is 42.4 Å². The molecule has 4 rings (SSSR count). The Balaban J connectivity index is 1.26. The van der Waals surface area contributed by atoms with Gasteiger partial charge in [0.1, 0.15) is 5.71 Å². The standard InChI is InChI=1S/C20H26N4O3/c1-14(15-5-3-2-4-6-15)12-21-18(25)17-11-20(27-23-17)9-10-24(13-20)19(26)22-16-7-8-16/h2-6,14,16H,7-13H2,1H3,(H,21,25)(H,22,26). The van der Waals surface area contributed by atoms with Crippen molar-refractivity contribution in [3.8, 4) is 0 Å². The second-order valence-electron chi connectivity index (χ2n) is 7.91. The Labute approximate surface area is 159 Å². The van der Waals surface area contributed by atoms with Gasteiger partial charge >= 0.3 is 6.03 Å². The predicted molar refractivity (Wildman–Crippen MR) is 101 cm³/mol. The molecule has 2 unspecified atom stereocenters. The minimum Gasteiger partial charge on any atom is -0.386 e. The molecule has 2 aliphatic heterocycles. The zero-order valence-corrected chi connectivity index (χ0v) is 15.6. The Hall–Kier alpha value is -2.57. The van der Waals surface area contributed by atoms with Crippen molar-refractivity contribution in [2.75, 3.05) is 19.6 Å². The first kappa shape index (κ1) is 17.8. The quantitative estimate of drug-likeness (QED) is 0.832. The fourth-order valence-electron chi connectivity index (χ4n) is 3.62. The Morgan fingerprint density at radius 3 is 2.85 bits per heavy atom. The molecule has 7 nitrogen and oxygen atoms in total. The molecule has 1 saturated heterocycles. The van der Waals surface area contributed by atoms with Crippen molar-refractivity contribution in [1.29, 1.82) is 0 Å². The Morgan fingerprint density at radius 2 is 2.11 bits per heavy atom. The van der Waals surface area contributed by atoms with Gasteiger partial charge in [0.05, 0.1) is 6.54 Å². The Bertz CT molecular complexity index is 747. The molecule has 0 aromatic heterocycles. The molecule has 0 bridgehead atoms. The lowest BCUT2D eigenvalue weighted by Crippen LogP contribution is -2.43. The van der Waals surface area contributed by atoms with Crippen molar-refractivity contribution in [3.63, 3.8) is 0 Å². The van der Waals surface area contributed by atoms with Gasteiger partial charge in [0.15, 0.2) is 5.60 Å². The highest BCUT2D eigenvalue weighted by atomic mass is 16.7. The Morgan fingerprint density at radius 1 is 1.33 bits per heavy atom. The fraction of sp³-hybridized carbons (Fsp3) is 0.550. The van der Waals surface area contributed by atoms with Crippen LogP contribution in [-0.2, 0) is 9.63 Å². The number of rotatable bonds is 5. The number of likely N-dealkylation sites (tertiary alicyclic amines) is 1. The summed E-state index contributed by atoms with van der Waals surface area (Å²) in [6, 6.07) is 10.4. The molecule has 1 aromatic carbocycles. The minimum atomic E-state index is -0.543. The van der Waals surface area contributed by atoms with Crippen LogP contribution in [0.4, 0.5) is 4.79 Å². The van der Waals surface area contributed by atoms with E-state index < -0.39 is 5.60 Å². The van der Waals surface area contributed by atoms with Gasteiger partial charge in [-0.05, 0) is 24.3 Å². The van der Waals surface area contributed by atoms with Gasteiger partial charge in [0.25, 0.3) is 5.91 Å². The molecular formula is C20H26N4O3. The van der Waals surface area contributed by atoms with Crippen molar-refractivity contribution in [2.24, 2.45) is 5.16 Å². The van der Waals surface area contributed by atoms with Gasteiger partial charge in [0, 0.05) is 32.0 Å². The average Bonchev–Trinajstić information content (AvgIpc) is 3.25. The van der Waals surface area contributed by atoms with E-state index in [2.05, 4.69) is 34.8 Å². The number of hydrogen-bond donors (Lipinski definition) is 2. The van der Waals surface area contributed by atoms with E-state index in [-0.39, 0.29) is 17.9 Å². The number of benzene rings is 1. The van der Waals surface area contributed by atoms with E-state index in [0.29, 0.717) is 44.2 Å². The average molecular weight is 370 g/mol. The van der Waals surface area contributed by atoms with Gasteiger partial charge in [-0.25, -0.2) is 4.79 Å². The number of oxime groups is 1. The summed E-state index contributed by atoms with van der Waals surface area (Å²) in [5.74, 6) is 0.0376. The zero-order chi connectivity index (χ0) is 18.9. The van der Waals surface area contributed by atoms with Crippen LogP contribution < -0.4 is 10.6 Å². The number of urea groups is 1. The van der Waals surface area contributed by atoms with Gasteiger partial charge in [-0.15, -0.1) is 0 Å². The molecule has 3 aliphatic rings. The third kappa shape index (κ3) is 4.07. The van der Waals surface area contributed by atoms with E-state index in [1.165, 1.54) is 5.56 Å². The van der Waals surface area contributed by atoms with Crippen LogP contribution in [0, 0.1) is 0 Å². The van der Waals surface area contributed by atoms with Crippen LogP contribution in [0.5, 0.6) is 0 Å². The van der Waals surface area contributed by atoms with Crippen LogP contribution in [0.25, 0.3) is 0 Å². The monoisotopic (exact) mass is 370 g/mol. The summed E-state index contributed by atoms with van der Waals surface area (Å²) in [6.07, 6.45) is 3.28. The first-order valence-electron chi connectivity index (χ1n) is 9.68. The summed E-state index contributed by atoms with van der Waals surface area (Å²) in [4.78, 5) is 32.1. The smallest absolute Gasteiger partial charge is 0.317 e. The third-order valence-corrected chi connectivity index (χ3v) is 5.55. The molecule has 2 fully saturated rings. The highest BCUT2D eigenvalue weighted by molar-refractivity contribution is 6.39. The molecule has 2 atom stereocenters. The molecule has 1 aliphatic carbocycles. The highest BCUT2D eigenvalue weighted by Crippen LogP contribution is 2.34. The molecule has 2 heterocycles. The van der Waals surface area contributed by atoms with Crippen LogP contribution in [0.2, 0.25) is 0 Å². The summed E-state index contributed by atoms with van der Waals surface area (Å²) in [5, 5.41) is 9.99. The van der Waals surface area contributed by atoms with Crippen LogP contribution in [-0.4, -0.2) is 53.8 Å². The molecular weight excluding hydrogens is 344 g/mol. The first-order chi connectivity index (χ1) is 13.0. The summed E-state index contributed by atoms with van der Waals surface area (Å²) in [5.41, 5.74) is 1.06. The number of carbonyl (C=O) groups is 2. The molecule has 1 spiro atoms. The molecule has 2 N–H and O–H groups in total. The van der Waals surface area contributed by atoms with Crippen molar-refractivity contribution >= 4 is 17.6 Å². The summed E-state index contributed by atoms with van der Waals surface area (Å²) in [6.45, 7) is 3.74. The van der Waals surface area contributed by atoms with E-state index in [0.717, 1.165) is 12.8 Å². The normalized spacial score (nSPS) is 25.1. The van der Waals surface area contributed by atoms with Gasteiger partial charge in [-0.2, -0.15) is 0 Å². The maximum Gasteiger partial charge on any atom is 0.317 e. The van der Waals surface area contributed by atoms with E-state index in [9.17, 15) is 9.59 Å². The van der Waals surface area contributed by atoms with E-state index in [4.69, 9.17) is 4.84 Å². The first-order valence-corrected chi connectivity index (χ1v) is 9.68. The summed E-state index contributed by atoms with van der Waals surface area (Å²) < 4.78 is 0. The van der Waals surface area contributed by atoms with Crippen molar-refractivity contribution in [1.82, 2.24) is 15.5 Å². The topological polar surface area (TPSA) is 83.0 Å². The third-order valence-electron chi connectivity index (χ3n) is 5.55. The molecule has 144 valence electrons. The molecule has 1 saturated carbocycles. The van der Waals surface area contributed by atoms with Crippen molar-refractivity contribution < 1.29 is 14.4 Å². The van der Waals surface area contributed by atoms with Crippen molar-refractivity contribution in [2.45, 2.75) is 50.2 Å². The highest BCUT2D eigenvalue weighted by Gasteiger charge is 2.48. The maximum atomic E-state index is 12.5. The summed E-state index contributed by atoms with van der Waals surface area (Å²) in [7, 11) is 0.